The minimum absolute atomic E-state index is 0.329. The standard InChI is InChI=1S/C13H15I/c1-13(8-3-2-4-9-13)11-6-5-7-12(14)10-11/h2-8,11H,9-10H2,1H3. The maximum Gasteiger partial charge on any atom is -0.00427 e. The molecule has 2 unspecified atom stereocenters. The van der Waals surface area contributed by atoms with Crippen LogP contribution < -0.4 is 0 Å². The molecular weight excluding hydrogens is 283 g/mol. The van der Waals surface area contributed by atoms with Crippen LogP contribution in [0.1, 0.15) is 19.8 Å². The zero-order valence-corrected chi connectivity index (χ0v) is 10.6. The van der Waals surface area contributed by atoms with Crippen molar-refractivity contribution in [1.29, 1.82) is 0 Å². The van der Waals surface area contributed by atoms with Crippen LogP contribution in [0, 0.1) is 11.3 Å². The molecule has 0 aromatic rings. The van der Waals surface area contributed by atoms with Gasteiger partial charge in [-0.2, -0.15) is 0 Å². The average Bonchev–Trinajstić information content (AvgIpc) is 2.19. The summed E-state index contributed by atoms with van der Waals surface area (Å²) in [4.78, 5) is 0. The fourth-order valence-corrected chi connectivity index (χ4v) is 2.79. The first kappa shape index (κ1) is 10.2. The number of allylic oxidation sites excluding steroid dienone is 8. The van der Waals surface area contributed by atoms with E-state index in [0.29, 0.717) is 11.3 Å². The Kier molecular flexibility index (Phi) is 2.96. The normalized spacial score (nSPS) is 35.9. The van der Waals surface area contributed by atoms with Crippen molar-refractivity contribution in [2.45, 2.75) is 19.8 Å². The van der Waals surface area contributed by atoms with Crippen LogP contribution >= 0.6 is 22.6 Å². The molecule has 0 spiro atoms. The van der Waals surface area contributed by atoms with Crippen LogP contribution in [0.2, 0.25) is 0 Å². The highest BCUT2D eigenvalue weighted by Crippen LogP contribution is 2.42. The number of halogens is 1. The Balaban J connectivity index is 2.16. The maximum atomic E-state index is 2.44. The van der Waals surface area contributed by atoms with E-state index in [1.54, 1.807) is 0 Å². The number of hydrogen-bond donors (Lipinski definition) is 0. The SMILES string of the molecule is CC1(C2C=CC=C(I)C2)C=CC=CC1. The third kappa shape index (κ3) is 2.02. The molecule has 0 nitrogen and oxygen atoms in total. The summed E-state index contributed by atoms with van der Waals surface area (Å²) in [6, 6.07) is 0. The van der Waals surface area contributed by atoms with Crippen LogP contribution in [0.4, 0.5) is 0 Å². The topological polar surface area (TPSA) is 0 Å². The monoisotopic (exact) mass is 298 g/mol. The van der Waals surface area contributed by atoms with E-state index in [0.717, 1.165) is 0 Å². The summed E-state index contributed by atoms with van der Waals surface area (Å²) >= 11 is 2.44. The molecule has 74 valence electrons. The van der Waals surface area contributed by atoms with Crippen LogP contribution in [-0.4, -0.2) is 0 Å². The molecule has 0 aromatic carbocycles. The molecule has 0 saturated heterocycles. The largest absolute Gasteiger partial charge is 0.0837 e. The molecule has 0 aliphatic heterocycles. The Labute approximate surface area is 99.6 Å². The van der Waals surface area contributed by atoms with Gasteiger partial charge in [0.1, 0.15) is 0 Å². The Morgan fingerprint density at radius 2 is 2.21 bits per heavy atom. The van der Waals surface area contributed by atoms with Gasteiger partial charge in [-0.3, -0.25) is 0 Å². The van der Waals surface area contributed by atoms with E-state index >= 15 is 0 Å². The number of hydrogen-bond acceptors (Lipinski definition) is 0. The van der Waals surface area contributed by atoms with Crippen LogP contribution in [0.25, 0.3) is 0 Å². The Bertz CT molecular complexity index is 333. The zero-order valence-electron chi connectivity index (χ0n) is 8.41. The van der Waals surface area contributed by atoms with Crippen molar-refractivity contribution in [1.82, 2.24) is 0 Å². The van der Waals surface area contributed by atoms with Crippen LogP contribution in [0.15, 0.2) is 46.1 Å². The van der Waals surface area contributed by atoms with Crippen molar-refractivity contribution in [3.05, 3.63) is 46.1 Å². The molecule has 0 bridgehead atoms. The maximum absolute atomic E-state index is 2.44. The summed E-state index contributed by atoms with van der Waals surface area (Å²) in [5, 5.41) is 0. The number of rotatable bonds is 1. The summed E-state index contributed by atoms with van der Waals surface area (Å²) in [6.45, 7) is 2.36. The molecule has 0 heterocycles. The molecule has 2 atom stereocenters. The fourth-order valence-electron chi connectivity index (χ4n) is 2.11. The zero-order chi connectivity index (χ0) is 10.0. The van der Waals surface area contributed by atoms with E-state index in [9.17, 15) is 0 Å². The van der Waals surface area contributed by atoms with Crippen molar-refractivity contribution in [2.24, 2.45) is 11.3 Å². The minimum Gasteiger partial charge on any atom is -0.0837 e. The molecule has 2 rings (SSSR count). The van der Waals surface area contributed by atoms with Gasteiger partial charge in [-0.1, -0.05) is 49.5 Å². The first-order valence-corrected chi connectivity index (χ1v) is 6.16. The Morgan fingerprint density at radius 1 is 1.36 bits per heavy atom. The predicted octanol–water partition coefficient (Wildman–Crippen LogP) is 4.40. The smallest absolute Gasteiger partial charge is 0.00427 e. The van der Waals surface area contributed by atoms with Crippen molar-refractivity contribution < 1.29 is 0 Å². The molecule has 2 aliphatic carbocycles. The summed E-state index contributed by atoms with van der Waals surface area (Å²) in [5.41, 5.74) is 0.329. The highest BCUT2D eigenvalue weighted by molar-refractivity contribution is 14.1. The van der Waals surface area contributed by atoms with Gasteiger partial charge < -0.3 is 0 Å². The summed E-state index contributed by atoms with van der Waals surface area (Å²) in [5.74, 6) is 0.667. The van der Waals surface area contributed by atoms with Crippen LogP contribution in [0.3, 0.4) is 0 Å². The van der Waals surface area contributed by atoms with Gasteiger partial charge in [0.25, 0.3) is 0 Å². The van der Waals surface area contributed by atoms with Gasteiger partial charge in [0.2, 0.25) is 0 Å². The highest BCUT2D eigenvalue weighted by atomic mass is 127. The molecule has 0 saturated carbocycles. The van der Waals surface area contributed by atoms with E-state index in [2.05, 4.69) is 72.0 Å². The first-order valence-electron chi connectivity index (χ1n) is 5.08. The van der Waals surface area contributed by atoms with Gasteiger partial charge in [-0.15, -0.1) is 0 Å². The lowest BCUT2D eigenvalue weighted by Crippen LogP contribution is -2.25. The fraction of sp³-hybridized carbons (Fsp3) is 0.385. The van der Waals surface area contributed by atoms with E-state index in [1.807, 2.05) is 0 Å². The average molecular weight is 298 g/mol. The van der Waals surface area contributed by atoms with Crippen LogP contribution in [0.5, 0.6) is 0 Å². The van der Waals surface area contributed by atoms with E-state index in [-0.39, 0.29) is 0 Å². The first-order chi connectivity index (χ1) is 6.71. The second kappa shape index (κ2) is 4.05. The van der Waals surface area contributed by atoms with Gasteiger partial charge in [-0.05, 0) is 50.3 Å². The Morgan fingerprint density at radius 3 is 2.86 bits per heavy atom. The molecule has 0 fully saturated rings. The lowest BCUT2D eigenvalue weighted by atomic mass is 9.70. The molecule has 14 heavy (non-hydrogen) atoms. The van der Waals surface area contributed by atoms with Crippen molar-refractivity contribution in [3.63, 3.8) is 0 Å². The van der Waals surface area contributed by atoms with Gasteiger partial charge >= 0.3 is 0 Å². The molecule has 2 aliphatic rings. The molecule has 1 heteroatoms. The third-order valence-electron chi connectivity index (χ3n) is 3.16. The van der Waals surface area contributed by atoms with E-state index < -0.39 is 0 Å². The van der Waals surface area contributed by atoms with Gasteiger partial charge in [-0.25, -0.2) is 0 Å². The molecule has 0 aromatic heterocycles. The minimum atomic E-state index is 0.329. The van der Waals surface area contributed by atoms with Crippen molar-refractivity contribution >= 4 is 22.6 Å². The van der Waals surface area contributed by atoms with Gasteiger partial charge in [0.15, 0.2) is 0 Å². The van der Waals surface area contributed by atoms with Crippen LogP contribution in [-0.2, 0) is 0 Å². The Hall–Kier alpha value is -0.310. The van der Waals surface area contributed by atoms with E-state index in [4.69, 9.17) is 0 Å². The second-order valence-electron chi connectivity index (χ2n) is 4.31. The molecule has 0 radical (unpaired) electrons. The van der Waals surface area contributed by atoms with Crippen molar-refractivity contribution in [2.75, 3.05) is 0 Å². The molecule has 0 amide bonds. The second-order valence-corrected chi connectivity index (χ2v) is 5.69. The quantitative estimate of drug-likeness (QED) is 0.629. The lowest BCUT2D eigenvalue weighted by Gasteiger charge is -2.35. The lowest BCUT2D eigenvalue weighted by molar-refractivity contribution is 0.308. The van der Waals surface area contributed by atoms with Crippen molar-refractivity contribution in [3.8, 4) is 0 Å². The van der Waals surface area contributed by atoms with Gasteiger partial charge in [0, 0.05) is 0 Å². The third-order valence-corrected chi connectivity index (χ3v) is 3.96. The summed E-state index contributed by atoms with van der Waals surface area (Å²) in [7, 11) is 0. The van der Waals surface area contributed by atoms with Gasteiger partial charge in [0.05, 0.1) is 0 Å². The summed E-state index contributed by atoms with van der Waals surface area (Å²) < 4.78 is 1.47. The molecule has 0 N–H and O–H groups in total. The predicted molar refractivity (Wildman–Crippen MR) is 70.4 cm³/mol. The van der Waals surface area contributed by atoms with E-state index in [1.165, 1.54) is 16.4 Å². The summed E-state index contributed by atoms with van der Waals surface area (Å²) in [6.07, 6.45) is 18.1. The highest BCUT2D eigenvalue weighted by Gasteiger charge is 2.30. The molecular formula is C13H15I.